The Morgan fingerprint density at radius 3 is 2.59 bits per heavy atom. The lowest BCUT2D eigenvalue weighted by Crippen LogP contribution is -2.30. The molecule has 0 aromatic heterocycles. The number of nitrogens with two attached hydrogens (primary N) is 1. The number of ether oxygens (including phenoxy) is 2. The van der Waals surface area contributed by atoms with Crippen molar-refractivity contribution in [1.82, 2.24) is 0 Å². The Hall–Kier alpha value is -0.610. The van der Waals surface area contributed by atoms with Gasteiger partial charge >= 0.3 is 0 Å². The maximum absolute atomic E-state index is 7.47. The molecule has 1 rings (SSSR count). The van der Waals surface area contributed by atoms with Crippen LogP contribution in [-0.2, 0) is 9.47 Å². The lowest BCUT2D eigenvalue weighted by Gasteiger charge is -2.24. The molecule has 1 fully saturated rings. The van der Waals surface area contributed by atoms with E-state index in [1.54, 1.807) is 0 Å². The molecular formula is C13H26N2O2. The number of hydrogen-bond donors (Lipinski definition) is 2. The Kier molecular flexibility index (Phi) is 5.92. The Morgan fingerprint density at radius 1 is 1.35 bits per heavy atom. The first-order chi connectivity index (χ1) is 8.02. The van der Waals surface area contributed by atoms with Gasteiger partial charge < -0.3 is 15.2 Å². The van der Waals surface area contributed by atoms with Gasteiger partial charge in [-0.3, -0.25) is 5.41 Å². The smallest absolute Gasteiger partial charge is 0.0963 e. The summed E-state index contributed by atoms with van der Waals surface area (Å²) in [6.07, 6.45) is 5.52. The van der Waals surface area contributed by atoms with E-state index in [0.29, 0.717) is 6.10 Å². The normalized spacial score (nSPS) is 18.2. The fourth-order valence-electron chi connectivity index (χ4n) is 1.90. The lowest BCUT2D eigenvalue weighted by molar-refractivity contribution is -0.0329. The van der Waals surface area contributed by atoms with Crippen molar-refractivity contribution in [3.8, 4) is 0 Å². The number of rotatable bonds is 7. The molecule has 4 nitrogen and oxygen atoms in total. The molecule has 100 valence electrons. The van der Waals surface area contributed by atoms with Crippen molar-refractivity contribution < 1.29 is 9.47 Å². The average Bonchev–Trinajstić information content (AvgIpc) is 2.29. The Balaban J connectivity index is 2.02. The molecule has 1 aliphatic heterocycles. The van der Waals surface area contributed by atoms with Gasteiger partial charge in [-0.1, -0.05) is 20.3 Å². The third kappa shape index (κ3) is 5.50. The molecule has 0 saturated carbocycles. The maximum atomic E-state index is 7.47. The molecule has 0 radical (unpaired) electrons. The molecule has 0 amide bonds. The highest BCUT2D eigenvalue weighted by Crippen LogP contribution is 2.22. The van der Waals surface area contributed by atoms with E-state index in [9.17, 15) is 0 Å². The zero-order valence-electron chi connectivity index (χ0n) is 11.1. The second-order valence-corrected chi connectivity index (χ2v) is 5.44. The number of unbranched alkanes of at least 4 members (excludes halogenated alkanes) is 1. The van der Waals surface area contributed by atoms with Gasteiger partial charge in [-0.05, 0) is 25.7 Å². The zero-order valence-corrected chi connectivity index (χ0v) is 11.1. The summed E-state index contributed by atoms with van der Waals surface area (Å²) in [4.78, 5) is 0. The van der Waals surface area contributed by atoms with E-state index in [-0.39, 0.29) is 11.3 Å². The maximum Gasteiger partial charge on any atom is 0.0963 e. The van der Waals surface area contributed by atoms with Crippen molar-refractivity contribution in [2.45, 2.75) is 52.1 Å². The third-order valence-corrected chi connectivity index (χ3v) is 3.45. The highest BCUT2D eigenvalue weighted by molar-refractivity contribution is 5.82. The van der Waals surface area contributed by atoms with Crippen LogP contribution in [-0.4, -0.2) is 31.8 Å². The Morgan fingerprint density at radius 2 is 2.00 bits per heavy atom. The third-order valence-electron chi connectivity index (χ3n) is 3.45. The summed E-state index contributed by atoms with van der Waals surface area (Å²) in [6, 6.07) is 0. The van der Waals surface area contributed by atoms with Gasteiger partial charge in [-0.2, -0.15) is 0 Å². The monoisotopic (exact) mass is 242 g/mol. The summed E-state index contributed by atoms with van der Waals surface area (Å²) in [5.74, 6) is 0.280. The van der Waals surface area contributed by atoms with Crippen LogP contribution in [0, 0.1) is 10.8 Å². The van der Waals surface area contributed by atoms with Gasteiger partial charge in [-0.25, -0.2) is 0 Å². The summed E-state index contributed by atoms with van der Waals surface area (Å²) < 4.78 is 11.1. The lowest BCUT2D eigenvalue weighted by atomic mass is 9.86. The fraction of sp³-hybridized carbons (Fsp3) is 0.923. The minimum Gasteiger partial charge on any atom is -0.387 e. The highest BCUT2D eigenvalue weighted by atomic mass is 16.5. The molecule has 3 N–H and O–H groups in total. The SMILES string of the molecule is CC(C)(CCCCOC1CCOCC1)C(=N)N. The van der Waals surface area contributed by atoms with Gasteiger partial charge in [0.05, 0.1) is 11.9 Å². The van der Waals surface area contributed by atoms with Crippen LogP contribution in [0.3, 0.4) is 0 Å². The number of nitrogens with one attached hydrogen (secondary N) is 1. The van der Waals surface area contributed by atoms with Crippen molar-refractivity contribution in [3.63, 3.8) is 0 Å². The minimum atomic E-state index is -0.168. The van der Waals surface area contributed by atoms with Crippen LogP contribution in [0.2, 0.25) is 0 Å². The molecule has 17 heavy (non-hydrogen) atoms. The van der Waals surface area contributed by atoms with Crippen LogP contribution < -0.4 is 5.73 Å². The Labute approximate surface area is 104 Å². The molecule has 1 aliphatic rings. The minimum absolute atomic E-state index is 0.168. The summed E-state index contributed by atoms with van der Waals surface area (Å²) in [5, 5.41) is 7.47. The molecule has 1 heterocycles. The van der Waals surface area contributed by atoms with Gasteiger partial charge in [0, 0.05) is 25.2 Å². The van der Waals surface area contributed by atoms with Gasteiger partial charge in [-0.15, -0.1) is 0 Å². The van der Waals surface area contributed by atoms with Gasteiger partial charge in [0.2, 0.25) is 0 Å². The molecule has 0 unspecified atom stereocenters. The van der Waals surface area contributed by atoms with Crippen LogP contribution in [0.4, 0.5) is 0 Å². The standard InChI is InChI=1S/C13H26N2O2/c1-13(2,12(14)15)7-3-4-8-17-11-5-9-16-10-6-11/h11H,3-10H2,1-2H3,(H3,14,15). The molecule has 0 aromatic carbocycles. The predicted octanol–water partition coefficient (Wildman–Crippen LogP) is 2.31. The molecule has 0 aromatic rings. The summed E-state index contributed by atoms with van der Waals surface area (Å²) >= 11 is 0. The molecule has 0 bridgehead atoms. The Bertz CT molecular complexity index is 236. The second-order valence-electron chi connectivity index (χ2n) is 5.44. The molecule has 4 heteroatoms. The number of amidine groups is 1. The van der Waals surface area contributed by atoms with Crippen molar-refractivity contribution in [2.75, 3.05) is 19.8 Å². The van der Waals surface area contributed by atoms with E-state index < -0.39 is 0 Å². The molecule has 1 saturated heterocycles. The molecule has 0 atom stereocenters. The van der Waals surface area contributed by atoms with Crippen molar-refractivity contribution in [2.24, 2.45) is 11.1 Å². The van der Waals surface area contributed by atoms with Gasteiger partial charge in [0.25, 0.3) is 0 Å². The molecular weight excluding hydrogens is 216 g/mol. The first-order valence-corrected chi connectivity index (χ1v) is 6.56. The van der Waals surface area contributed by atoms with Crippen LogP contribution in [0.15, 0.2) is 0 Å². The van der Waals surface area contributed by atoms with E-state index in [1.165, 1.54) is 0 Å². The van der Waals surface area contributed by atoms with Gasteiger partial charge in [0.1, 0.15) is 0 Å². The first kappa shape index (κ1) is 14.5. The topological polar surface area (TPSA) is 68.3 Å². The fourth-order valence-corrected chi connectivity index (χ4v) is 1.90. The van der Waals surface area contributed by atoms with E-state index >= 15 is 0 Å². The predicted molar refractivity (Wildman–Crippen MR) is 69.3 cm³/mol. The average molecular weight is 242 g/mol. The van der Waals surface area contributed by atoms with Crippen LogP contribution in [0.5, 0.6) is 0 Å². The van der Waals surface area contributed by atoms with Gasteiger partial charge in [0.15, 0.2) is 0 Å². The van der Waals surface area contributed by atoms with E-state index in [4.69, 9.17) is 20.6 Å². The van der Waals surface area contributed by atoms with Crippen molar-refractivity contribution in [3.05, 3.63) is 0 Å². The highest BCUT2D eigenvalue weighted by Gasteiger charge is 2.20. The molecule has 0 spiro atoms. The number of hydrogen-bond acceptors (Lipinski definition) is 3. The zero-order chi connectivity index (χ0) is 12.7. The quantitative estimate of drug-likeness (QED) is 0.409. The van der Waals surface area contributed by atoms with E-state index in [1.807, 2.05) is 13.8 Å². The van der Waals surface area contributed by atoms with E-state index in [2.05, 4.69) is 0 Å². The molecule has 0 aliphatic carbocycles. The van der Waals surface area contributed by atoms with Crippen LogP contribution >= 0.6 is 0 Å². The first-order valence-electron chi connectivity index (χ1n) is 6.56. The van der Waals surface area contributed by atoms with Crippen LogP contribution in [0.25, 0.3) is 0 Å². The van der Waals surface area contributed by atoms with Crippen molar-refractivity contribution in [1.29, 1.82) is 5.41 Å². The summed E-state index contributed by atoms with van der Waals surface area (Å²) in [6.45, 7) is 6.53. The summed E-state index contributed by atoms with van der Waals surface area (Å²) in [7, 11) is 0. The van der Waals surface area contributed by atoms with Crippen LogP contribution in [0.1, 0.15) is 46.0 Å². The second kappa shape index (κ2) is 6.97. The van der Waals surface area contributed by atoms with E-state index in [0.717, 1.165) is 51.9 Å². The summed E-state index contributed by atoms with van der Waals surface area (Å²) in [5.41, 5.74) is 5.37. The van der Waals surface area contributed by atoms with Crippen molar-refractivity contribution >= 4 is 5.84 Å². The largest absolute Gasteiger partial charge is 0.387 e.